The number of thioether (sulfide) groups is 1. The molecule has 0 aliphatic heterocycles. The van der Waals surface area contributed by atoms with Crippen LogP contribution < -0.4 is 0 Å². The molecule has 6 heteroatoms. The fourth-order valence-corrected chi connectivity index (χ4v) is 3.34. The normalized spacial score (nSPS) is 11.2. The van der Waals surface area contributed by atoms with Crippen LogP contribution in [0.4, 0.5) is 4.39 Å². The number of aromatic nitrogens is 2. The Morgan fingerprint density at radius 1 is 1.30 bits per heavy atom. The van der Waals surface area contributed by atoms with E-state index in [9.17, 15) is 4.39 Å². The van der Waals surface area contributed by atoms with Gasteiger partial charge in [-0.2, -0.15) is 0 Å². The monoisotopic (exact) mass is 416 g/mol. The number of benzene rings is 2. The molecule has 1 N–H and O–H groups in total. The van der Waals surface area contributed by atoms with Crippen LogP contribution in [0.15, 0.2) is 41.3 Å². The summed E-state index contributed by atoms with van der Waals surface area (Å²) in [5.41, 5.74) is 2.54. The van der Waals surface area contributed by atoms with E-state index >= 15 is 0 Å². The van der Waals surface area contributed by atoms with Gasteiger partial charge in [-0.3, -0.25) is 4.57 Å². The smallest absolute Gasteiger partial charge is 0.182 e. The zero-order chi connectivity index (χ0) is 14.3. The standard InChI is InChI=1S/C14H10FIN2S2/c1-20-9-4-2-3-8(5-9)18-13-6-10(15)11(16)7-12(13)17-14(18)19/h2-7H,1H3,(H,17,19). The van der Waals surface area contributed by atoms with Crippen molar-refractivity contribution in [1.29, 1.82) is 0 Å². The van der Waals surface area contributed by atoms with Crippen molar-refractivity contribution in [2.45, 2.75) is 4.90 Å². The first-order valence-electron chi connectivity index (χ1n) is 5.84. The lowest BCUT2D eigenvalue weighted by Crippen LogP contribution is -1.94. The third kappa shape index (κ3) is 2.40. The maximum atomic E-state index is 13.8. The van der Waals surface area contributed by atoms with Crippen molar-refractivity contribution in [1.82, 2.24) is 9.55 Å². The predicted molar refractivity (Wildman–Crippen MR) is 92.9 cm³/mol. The Morgan fingerprint density at radius 3 is 2.85 bits per heavy atom. The van der Waals surface area contributed by atoms with Gasteiger partial charge in [0.1, 0.15) is 5.82 Å². The van der Waals surface area contributed by atoms with E-state index in [1.165, 1.54) is 6.07 Å². The molecular formula is C14H10FIN2S2. The minimum atomic E-state index is -0.234. The molecule has 2 nitrogen and oxygen atoms in total. The van der Waals surface area contributed by atoms with Gasteiger partial charge in [-0.25, -0.2) is 4.39 Å². The van der Waals surface area contributed by atoms with Gasteiger partial charge in [0.15, 0.2) is 4.77 Å². The van der Waals surface area contributed by atoms with Gasteiger partial charge in [0.05, 0.1) is 14.6 Å². The zero-order valence-electron chi connectivity index (χ0n) is 10.5. The number of H-pyrrole nitrogens is 1. The van der Waals surface area contributed by atoms with Gasteiger partial charge in [0.2, 0.25) is 0 Å². The first-order valence-corrected chi connectivity index (χ1v) is 8.55. The molecule has 3 aromatic rings. The van der Waals surface area contributed by atoms with Crippen molar-refractivity contribution >= 4 is 57.6 Å². The molecule has 3 rings (SSSR count). The minimum Gasteiger partial charge on any atom is -0.330 e. The second-order valence-corrected chi connectivity index (χ2v) is 6.68. The van der Waals surface area contributed by atoms with Crippen molar-refractivity contribution in [3.63, 3.8) is 0 Å². The Kier molecular flexibility index (Phi) is 3.87. The highest BCUT2D eigenvalue weighted by atomic mass is 127. The van der Waals surface area contributed by atoms with Crippen LogP contribution >= 0.6 is 46.6 Å². The van der Waals surface area contributed by atoms with Gasteiger partial charge in [-0.1, -0.05) is 6.07 Å². The zero-order valence-corrected chi connectivity index (χ0v) is 14.3. The summed E-state index contributed by atoms with van der Waals surface area (Å²) in [6.07, 6.45) is 2.02. The Morgan fingerprint density at radius 2 is 2.10 bits per heavy atom. The molecule has 0 saturated heterocycles. The largest absolute Gasteiger partial charge is 0.330 e. The molecule has 102 valence electrons. The van der Waals surface area contributed by atoms with E-state index in [1.54, 1.807) is 17.8 Å². The summed E-state index contributed by atoms with van der Waals surface area (Å²) in [6.45, 7) is 0. The highest BCUT2D eigenvalue weighted by Gasteiger charge is 2.10. The number of fused-ring (bicyclic) bond motifs is 1. The molecule has 1 aromatic heterocycles. The molecule has 20 heavy (non-hydrogen) atoms. The second-order valence-electron chi connectivity index (χ2n) is 4.25. The molecule has 2 aromatic carbocycles. The lowest BCUT2D eigenvalue weighted by molar-refractivity contribution is 0.622. The maximum absolute atomic E-state index is 13.8. The first-order chi connectivity index (χ1) is 9.60. The van der Waals surface area contributed by atoms with E-state index in [-0.39, 0.29) is 5.82 Å². The van der Waals surface area contributed by atoms with Crippen LogP contribution in [0.25, 0.3) is 16.7 Å². The maximum Gasteiger partial charge on any atom is 0.182 e. The van der Waals surface area contributed by atoms with Crippen molar-refractivity contribution in [2.75, 3.05) is 6.26 Å². The van der Waals surface area contributed by atoms with Crippen LogP contribution in [0.3, 0.4) is 0 Å². The second kappa shape index (κ2) is 5.50. The Hall–Kier alpha value is -0.860. The molecule has 0 bridgehead atoms. The topological polar surface area (TPSA) is 20.7 Å². The highest BCUT2D eigenvalue weighted by molar-refractivity contribution is 14.1. The average molecular weight is 416 g/mol. The van der Waals surface area contributed by atoms with Gasteiger partial charge >= 0.3 is 0 Å². The van der Waals surface area contributed by atoms with E-state index in [4.69, 9.17) is 12.2 Å². The Bertz CT molecular complexity index is 854. The molecule has 0 atom stereocenters. The van der Waals surface area contributed by atoms with Crippen molar-refractivity contribution < 1.29 is 4.39 Å². The molecule has 0 unspecified atom stereocenters. The summed E-state index contributed by atoms with van der Waals surface area (Å²) in [4.78, 5) is 4.27. The number of nitrogens with one attached hydrogen (secondary N) is 1. The van der Waals surface area contributed by atoms with Gasteiger partial charge in [0.25, 0.3) is 0 Å². The quantitative estimate of drug-likeness (QED) is 0.354. The number of halogens is 2. The van der Waals surface area contributed by atoms with Gasteiger partial charge in [-0.15, -0.1) is 11.8 Å². The summed E-state index contributed by atoms with van der Waals surface area (Å²) in [5, 5.41) is 0. The molecular weight excluding hydrogens is 406 g/mol. The highest BCUT2D eigenvalue weighted by Crippen LogP contribution is 2.25. The molecule has 0 aliphatic carbocycles. The summed E-state index contributed by atoms with van der Waals surface area (Å²) < 4.78 is 16.8. The summed E-state index contributed by atoms with van der Waals surface area (Å²) in [6, 6.07) is 11.3. The van der Waals surface area contributed by atoms with E-state index in [2.05, 4.69) is 4.98 Å². The number of hydrogen-bond acceptors (Lipinski definition) is 2. The lowest BCUT2D eigenvalue weighted by atomic mass is 10.2. The Balaban J connectivity index is 2.32. The number of nitrogens with zero attached hydrogens (tertiary/aromatic N) is 1. The van der Waals surface area contributed by atoms with Crippen molar-refractivity contribution in [3.8, 4) is 5.69 Å². The molecule has 0 fully saturated rings. The van der Waals surface area contributed by atoms with Crippen LogP contribution in [0, 0.1) is 14.2 Å². The molecule has 0 spiro atoms. The Labute approximate surface area is 138 Å². The fourth-order valence-electron chi connectivity index (χ4n) is 2.11. The summed E-state index contributed by atoms with van der Waals surface area (Å²) in [7, 11) is 0. The third-order valence-corrected chi connectivity index (χ3v) is 4.87. The van der Waals surface area contributed by atoms with Crippen LogP contribution in [0.5, 0.6) is 0 Å². The first kappa shape index (κ1) is 14.1. The molecule has 0 aliphatic rings. The molecule has 0 amide bonds. The van der Waals surface area contributed by atoms with E-state index in [0.29, 0.717) is 8.34 Å². The van der Waals surface area contributed by atoms with E-state index < -0.39 is 0 Å². The van der Waals surface area contributed by atoms with E-state index in [0.717, 1.165) is 21.6 Å². The van der Waals surface area contributed by atoms with Gasteiger partial charge in [0, 0.05) is 16.6 Å². The fraction of sp³-hybridized carbons (Fsp3) is 0.0714. The van der Waals surface area contributed by atoms with Crippen LogP contribution in [0.2, 0.25) is 0 Å². The van der Waals surface area contributed by atoms with E-state index in [1.807, 2.05) is 57.7 Å². The number of hydrogen-bond donors (Lipinski definition) is 1. The average Bonchev–Trinajstić information content (AvgIpc) is 2.74. The van der Waals surface area contributed by atoms with Gasteiger partial charge in [-0.05, 0) is 65.3 Å². The minimum absolute atomic E-state index is 0.234. The van der Waals surface area contributed by atoms with Crippen LogP contribution in [0.1, 0.15) is 0 Å². The van der Waals surface area contributed by atoms with Crippen molar-refractivity contribution in [3.05, 3.63) is 50.6 Å². The lowest BCUT2D eigenvalue weighted by Gasteiger charge is -2.06. The number of aromatic amines is 1. The summed E-state index contributed by atoms with van der Waals surface area (Å²) >= 11 is 9.02. The molecule has 0 saturated carbocycles. The van der Waals surface area contributed by atoms with Crippen molar-refractivity contribution in [2.24, 2.45) is 0 Å². The van der Waals surface area contributed by atoms with Gasteiger partial charge < -0.3 is 4.98 Å². The molecule has 1 heterocycles. The summed E-state index contributed by atoms with van der Waals surface area (Å²) in [5.74, 6) is -0.234. The number of rotatable bonds is 2. The predicted octanol–water partition coefficient (Wildman–Crippen LogP) is 5.15. The number of imidazole rings is 1. The molecule has 0 radical (unpaired) electrons. The SMILES string of the molecule is CSc1cccc(-n2c(=S)[nH]c3cc(I)c(F)cc32)c1. The van der Waals surface area contributed by atoms with Crippen LogP contribution in [-0.2, 0) is 0 Å². The van der Waals surface area contributed by atoms with Crippen LogP contribution in [-0.4, -0.2) is 15.8 Å². The third-order valence-electron chi connectivity index (χ3n) is 3.04.